The Labute approximate surface area is 162 Å². The van der Waals surface area contributed by atoms with E-state index >= 15 is 0 Å². The van der Waals surface area contributed by atoms with Crippen LogP contribution >= 0.6 is 0 Å². The second kappa shape index (κ2) is 7.37. The second-order valence-corrected chi connectivity index (χ2v) is 6.26. The largest absolute Gasteiger partial charge is 0.470 e. The van der Waals surface area contributed by atoms with Crippen LogP contribution in [-0.4, -0.2) is 45.1 Å². The number of benzene rings is 1. The van der Waals surface area contributed by atoms with E-state index in [0.29, 0.717) is 11.3 Å². The highest BCUT2D eigenvalue weighted by atomic mass is 19.4. The van der Waals surface area contributed by atoms with E-state index in [1.807, 2.05) is 0 Å². The third kappa shape index (κ3) is 4.25. The summed E-state index contributed by atoms with van der Waals surface area (Å²) in [6.07, 6.45) is -3.59. The molecule has 0 saturated carbocycles. The number of carbonyl (C=O) groups is 1. The summed E-state index contributed by atoms with van der Waals surface area (Å²) in [7, 11) is 3.32. The van der Waals surface area contributed by atoms with Gasteiger partial charge in [-0.25, -0.2) is 4.98 Å². The van der Waals surface area contributed by atoms with Gasteiger partial charge in [-0.1, -0.05) is 0 Å². The summed E-state index contributed by atoms with van der Waals surface area (Å²) in [6, 6.07) is 5.07. The van der Waals surface area contributed by atoms with E-state index in [0.717, 1.165) is 5.56 Å². The molecule has 3 N–H and O–H groups in total. The van der Waals surface area contributed by atoms with Crippen LogP contribution in [0.4, 0.5) is 30.6 Å². The fourth-order valence-corrected chi connectivity index (χ4v) is 2.42. The molecule has 0 aliphatic carbocycles. The van der Waals surface area contributed by atoms with Gasteiger partial charge in [-0.2, -0.15) is 18.2 Å². The number of nitrogens with two attached hydrogens (primary N) is 1. The van der Waals surface area contributed by atoms with Crippen LogP contribution in [0, 0.1) is 6.92 Å². The van der Waals surface area contributed by atoms with Gasteiger partial charge in [-0.3, -0.25) is 4.79 Å². The van der Waals surface area contributed by atoms with Gasteiger partial charge in [0.1, 0.15) is 5.82 Å². The summed E-state index contributed by atoms with van der Waals surface area (Å²) in [5.41, 5.74) is 7.66. The van der Waals surface area contributed by atoms with Crippen molar-refractivity contribution in [2.75, 3.05) is 25.1 Å². The van der Waals surface area contributed by atoms with Crippen molar-refractivity contribution in [3.8, 4) is 11.5 Å². The summed E-state index contributed by atoms with van der Waals surface area (Å²) < 4.78 is 42.3. The molecule has 0 unspecified atom stereocenters. The predicted molar refractivity (Wildman–Crippen MR) is 97.2 cm³/mol. The maximum Gasteiger partial charge on any atom is 0.470 e. The summed E-state index contributed by atoms with van der Waals surface area (Å²) in [5.74, 6) is -2.10. The van der Waals surface area contributed by atoms with Crippen LogP contribution < -0.4 is 11.1 Å². The average Bonchev–Trinajstić information content (AvgIpc) is 3.11. The number of anilines is 3. The van der Waals surface area contributed by atoms with Crippen LogP contribution in [0.1, 0.15) is 21.8 Å². The number of rotatable bonds is 4. The lowest BCUT2D eigenvalue weighted by Gasteiger charge is -2.14. The lowest BCUT2D eigenvalue weighted by molar-refractivity contribution is -0.156. The highest BCUT2D eigenvalue weighted by Crippen LogP contribution is 2.31. The third-order valence-corrected chi connectivity index (χ3v) is 3.84. The Balaban J connectivity index is 1.81. The van der Waals surface area contributed by atoms with Crippen molar-refractivity contribution in [1.29, 1.82) is 0 Å². The Hall–Kier alpha value is -3.70. The zero-order chi connectivity index (χ0) is 21.3. The van der Waals surface area contributed by atoms with E-state index in [1.165, 1.54) is 11.1 Å². The Bertz CT molecular complexity index is 1060. The molecule has 0 saturated heterocycles. The number of aromatic nitrogens is 4. The lowest BCUT2D eigenvalue weighted by Crippen LogP contribution is -2.22. The maximum absolute atomic E-state index is 12.6. The fourth-order valence-electron chi connectivity index (χ4n) is 2.42. The van der Waals surface area contributed by atoms with Gasteiger partial charge in [0.2, 0.25) is 5.95 Å². The molecule has 9 nitrogen and oxygen atoms in total. The SMILES string of the molecule is Cc1cc(Nc2ncc(-c3nnc(C(F)(F)F)o3)c(N)n2)ccc1C(=O)N(C)C. The van der Waals surface area contributed by atoms with E-state index in [4.69, 9.17) is 5.73 Å². The molecule has 12 heteroatoms. The Morgan fingerprint density at radius 1 is 1.24 bits per heavy atom. The van der Waals surface area contributed by atoms with Crippen LogP contribution in [0.2, 0.25) is 0 Å². The standard InChI is InChI=1S/C17H16F3N7O2/c1-8-6-9(4-5-10(8)14(28)27(2)3)23-16-22-7-11(12(21)24-16)13-25-26-15(29-13)17(18,19)20/h4-7H,1-3H3,(H3,21,22,23,24). The molecule has 0 radical (unpaired) electrons. The molecule has 0 aliphatic rings. The summed E-state index contributed by atoms with van der Waals surface area (Å²) in [4.78, 5) is 21.6. The van der Waals surface area contributed by atoms with Crippen molar-refractivity contribution < 1.29 is 22.4 Å². The zero-order valence-electron chi connectivity index (χ0n) is 15.6. The summed E-state index contributed by atoms with van der Waals surface area (Å²) in [6.45, 7) is 1.79. The number of nitrogens with one attached hydrogen (secondary N) is 1. The van der Waals surface area contributed by atoms with E-state index in [9.17, 15) is 18.0 Å². The van der Waals surface area contributed by atoms with E-state index in [2.05, 4.69) is 29.9 Å². The molecule has 2 aromatic heterocycles. The van der Waals surface area contributed by atoms with Crippen LogP contribution in [-0.2, 0) is 6.18 Å². The van der Waals surface area contributed by atoms with Gasteiger partial charge in [-0.05, 0) is 30.7 Å². The number of aryl methyl sites for hydroxylation is 1. The maximum atomic E-state index is 12.6. The minimum absolute atomic E-state index is 0.0262. The highest BCUT2D eigenvalue weighted by Gasteiger charge is 2.38. The fraction of sp³-hybridized carbons (Fsp3) is 0.235. The van der Waals surface area contributed by atoms with Gasteiger partial charge < -0.3 is 20.4 Å². The smallest absolute Gasteiger partial charge is 0.412 e. The molecular formula is C17H16F3N7O2. The van der Waals surface area contributed by atoms with Gasteiger partial charge in [0, 0.05) is 31.5 Å². The molecule has 29 heavy (non-hydrogen) atoms. The second-order valence-electron chi connectivity index (χ2n) is 6.26. The van der Waals surface area contributed by atoms with Gasteiger partial charge in [0.05, 0.1) is 5.56 Å². The molecule has 1 aromatic carbocycles. The van der Waals surface area contributed by atoms with Gasteiger partial charge in [0.15, 0.2) is 0 Å². The molecule has 0 fully saturated rings. The van der Waals surface area contributed by atoms with Crippen molar-refractivity contribution in [2.24, 2.45) is 0 Å². The molecule has 3 aromatic rings. The molecule has 0 aliphatic heterocycles. The molecule has 0 atom stereocenters. The first-order valence-electron chi connectivity index (χ1n) is 8.19. The lowest BCUT2D eigenvalue weighted by atomic mass is 10.1. The van der Waals surface area contributed by atoms with Crippen LogP contribution in [0.5, 0.6) is 0 Å². The van der Waals surface area contributed by atoms with Crippen LogP contribution in [0.15, 0.2) is 28.8 Å². The first-order chi connectivity index (χ1) is 13.6. The van der Waals surface area contributed by atoms with Crippen molar-refractivity contribution >= 4 is 23.4 Å². The summed E-state index contributed by atoms with van der Waals surface area (Å²) >= 11 is 0. The number of carbonyl (C=O) groups excluding carboxylic acids is 1. The Kier molecular flexibility index (Phi) is 5.10. The molecular weight excluding hydrogens is 391 g/mol. The number of alkyl halides is 3. The van der Waals surface area contributed by atoms with Gasteiger partial charge in [0.25, 0.3) is 11.8 Å². The Morgan fingerprint density at radius 3 is 2.52 bits per heavy atom. The van der Waals surface area contributed by atoms with E-state index in [1.54, 1.807) is 39.2 Å². The monoisotopic (exact) mass is 407 g/mol. The van der Waals surface area contributed by atoms with Crippen LogP contribution in [0.3, 0.4) is 0 Å². The molecule has 3 rings (SSSR count). The average molecular weight is 407 g/mol. The zero-order valence-corrected chi connectivity index (χ0v) is 15.6. The third-order valence-electron chi connectivity index (χ3n) is 3.84. The Morgan fingerprint density at radius 2 is 1.97 bits per heavy atom. The van der Waals surface area contributed by atoms with E-state index < -0.39 is 18.0 Å². The molecule has 1 amide bonds. The molecule has 0 spiro atoms. The first-order valence-corrected chi connectivity index (χ1v) is 8.19. The van der Waals surface area contributed by atoms with Crippen molar-refractivity contribution in [3.63, 3.8) is 0 Å². The number of nitrogens with zero attached hydrogens (tertiary/aromatic N) is 5. The minimum Gasteiger partial charge on any atom is -0.412 e. The normalized spacial score (nSPS) is 11.4. The molecule has 0 bridgehead atoms. The molecule has 152 valence electrons. The van der Waals surface area contributed by atoms with Crippen molar-refractivity contribution in [2.45, 2.75) is 13.1 Å². The van der Waals surface area contributed by atoms with E-state index in [-0.39, 0.29) is 23.2 Å². The van der Waals surface area contributed by atoms with Crippen molar-refractivity contribution in [3.05, 3.63) is 41.4 Å². The first kappa shape index (κ1) is 20.0. The number of hydrogen-bond acceptors (Lipinski definition) is 8. The van der Waals surface area contributed by atoms with Crippen LogP contribution in [0.25, 0.3) is 11.5 Å². The quantitative estimate of drug-likeness (QED) is 0.677. The topological polar surface area (TPSA) is 123 Å². The van der Waals surface area contributed by atoms with Gasteiger partial charge >= 0.3 is 12.1 Å². The number of amides is 1. The minimum atomic E-state index is -4.76. The number of hydrogen-bond donors (Lipinski definition) is 2. The summed E-state index contributed by atoms with van der Waals surface area (Å²) in [5, 5.41) is 9.18. The number of nitrogen functional groups attached to an aromatic ring is 1. The number of halogens is 3. The highest BCUT2D eigenvalue weighted by molar-refractivity contribution is 5.95. The predicted octanol–water partition coefficient (Wildman–Crippen LogP) is 2.88. The van der Waals surface area contributed by atoms with Gasteiger partial charge in [-0.15, -0.1) is 10.2 Å². The molecule has 2 heterocycles. The van der Waals surface area contributed by atoms with Crippen molar-refractivity contribution in [1.82, 2.24) is 25.1 Å².